The smallest absolute Gasteiger partial charge is 0.306 e. The van der Waals surface area contributed by atoms with Crippen LogP contribution in [0.1, 0.15) is 65.7 Å². The fraction of sp³-hybridized carbons (Fsp3) is 0.762. The van der Waals surface area contributed by atoms with Crippen LogP contribution >= 0.6 is 0 Å². The van der Waals surface area contributed by atoms with E-state index in [0.29, 0.717) is 18.8 Å². The highest BCUT2D eigenvalue weighted by molar-refractivity contribution is 5.94. The van der Waals surface area contributed by atoms with Crippen molar-refractivity contribution in [2.45, 2.75) is 77.4 Å². The molecule has 0 aromatic carbocycles. The second-order valence-corrected chi connectivity index (χ2v) is 9.07. The average Bonchev–Trinajstić information content (AvgIpc) is 2.54. The summed E-state index contributed by atoms with van der Waals surface area (Å²) in [7, 11) is 0. The van der Waals surface area contributed by atoms with E-state index in [1.165, 1.54) is 6.92 Å². The molecule has 4 rings (SSSR count). The highest BCUT2D eigenvalue weighted by Gasteiger charge is 2.59. The summed E-state index contributed by atoms with van der Waals surface area (Å²) in [5.41, 5.74) is 0.638. The summed E-state index contributed by atoms with van der Waals surface area (Å²) in [4.78, 5) is 36.2. The van der Waals surface area contributed by atoms with Gasteiger partial charge >= 0.3 is 11.9 Å². The first-order valence-electron chi connectivity index (χ1n) is 9.87. The third kappa shape index (κ3) is 2.62. The second-order valence-electron chi connectivity index (χ2n) is 9.07. The van der Waals surface area contributed by atoms with E-state index in [9.17, 15) is 14.4 Å². The number of rotatable bonds is 1. The molecule has 0 N–H and O–H groups in total. The molecule has 1 heterocycles. The Morgan fingerprint density at radius 1 is 1.15 bits per heavy atom. The Morgan fingerprint density at radius 2 is 1.92 bits per heavy atom. The SMILES string of the molecule is CC(=O)O[C@H]1CC[C@@]2(C)C(=CC(=O)[C@H]3[C@H]4CCC(=O)O[C@@]4(C)CC[C@@H]32)C1. The van der Waals surface area contributed by atoms with E-state index in [2.05, 4.69) is 6.92 Å². The average molecular weight is 360 g/mol. The Labute approximate surface area is 154 Å². The summed E-state index contributed by atoms with van der Waals surface area (Å²) >= 11 is 0. The molecule has 0 bridgehead atoms. The fourth-order valence-corrected chi connectivity index (χ4v) is 6.23. The van der Waals surface area contributed by atoms with Gasteiger partial charge in [-0.05, 0) is 56.4 Å². The topological polar surface area (TPSA) is 69.7 Å². The van der Waals surface area contributed by atoms with Crippen molar-refractivity contribution in [2.75, 3.05) is 0 Å². The quantitative estimate of drug-likeness (QED) is 0.671. The Hall–Kier alpha value is -1.65. The number of ether oxygens (including phenoxy) is 2. The van der Waals surface area contributed by atoms with Gasteiger partial charge in [0.15, 0.2) is 5.78 Å². The Kier molecular flexibility index (Phi) is 4.05. The minimum atomic E-state index is -0.497. The standard InChI is InChI=1S/C21H28O5/c1-12(22)25-14-6-8-20(2)13(10-14)11-17(23)19-15(20)7-9-21(3)16(19)4-5-18(24)26-21/h11,14-16,19H,4-10H2,1-3H3/t14-,15-,16+,19+,20-,21-/m0/s1. The molecule has 3 fully saturated rings. The van der Waals surface area contributed by atoms with Crippen LogP contribution in [0, 0.1) is 23.2 Å². The minimum absolute atomic E-state index is 0.0159. The maximum atomic E-state index is 13.1. The van der Waals surface area contributed by atoms with Gasteiger partial charge in [-0.2, -0.15) is 0 Å². The van der Waals surface area contributed by atoms with E-state index in [4.69, 9.17) is 9.47 Å². The number of hydrogen-bond acceptors (Lipinski definition) is 5. The molecule has 2 saturated carbocycles. The zero-order valence-electron chi connectivity index (χ0n) is 15.9. The fourth-order valence-electron chi connectivity index (χ4n) is 6.23. The number of allylic oxidation sites excluding steroid dienone is 1. The van der Waals surface area contributed by atoms with Crippen LogP contribution < -0.4 is 0 Å². The summed E-state index contributed by atoms with van der Waals surface area (Å²) in [6, 6.07) is 0. The molecule has 142 valence electrons. The molecule has 1 aliphatic heterocycles. The molecule has 1 saturated heterocycles. The summed E-state index contributed by atoms with van der Waals surface area (Å²) in [6.45, 7) is 5.73. The Morgan fingerprint density at radius 3 is 2.65 bits per heavy atom. The van der Waals surface area contributed by atoms with Crippen molar-refractivity contribution in [3.8, 4) is 0 Å². The first-order chi connectivity index (χ1) is 12.2. The van der Waals surface area contributed by atoms with E-state index in [1.807, 2.05) is 13.0 Å². The molecular weight excluding hydrogens is 332 g/mol. The van der Waals surface area contributed by atoms with Crippen LogP contribution in [0.15, 0.2) is 11.6 Å². The molecule has 6 atom stereocenters. The first-order valence-corrected chi connectivity index (χ1v) is 9.87. The zero-order valence-corrected chi connectivity index (χ0v) is 15.9. The van der Waals surface area contributed by atoms with E-state index < -0.39 is 5.60 Å². The monoisotopic (exact) mass is 360 g/mol. The van der Waals surface area contributed by atoms with Crippen molar-refractivity contribution in [2.24, 2.45) is 23.2 Å². The minimum Gasteiger partial charge on any atom is -0.462 e. The molecule has 5 nitrogen and oxygen atoms in total. The molecule has 0 aromatic rings. The molecule has 26 heavy (non-hydrogen) atoms. The van der Waals surface area contributed by atoms with Gasteiger partial charge in [0.1, 0.15) is 11.7 Å². The normalized spacial score (nSPS) is 44.8. The lowest BCUT2D eigenvalue weighted by Crippen LogP contribution is -2.58. The first kappa shape index (κ1) is 17.7. The lowest BCUT2D eigenvalue weighted by Gasteiger charge is -2.58. The van der Waals surface area contributed by atoms with Gasteiger partial charge in [-0.1, -0.05) is 12.5 Å². The summed E-state index contributed by atoms with van der Waals surface area (Å²) in [5, 5.41) is 0. The van der Waals surface area contributed by atoms with E-state index in [-0.39, 0.29) is 41.1 Å². The van der Waals surface area contributed by atoms with Gasteiger partial charge in [0.2, 0.25) is 0 Å². The van der Waals surface area contributed by atoms with Gasteiger partial charge in [-0.25, -0.2) is 0 Å². The van der Waals surface area contributed by atoms with Crippen LogP contribution in [0.25, 0.3) is 0 Å². The van der Waals surface area contributed by atoms with Gasteiger partial charge in [0.05, 0.1) is 0 Å². The van der Waals surface area contributed by atoms with Crippen molar-refractivity contribution in [1.29, 1.82) is 0 Å². The zero-order chi connectivity index (χ0) is 18.7. The second kappa shape index (κ2) is 5.93. The van der Waals surface area contributed by atoms with Gasteiger partial charge in [0, 0.05) is 31.6 Å². The van der Waals surface area contributed by atoms with Crippen molar-refractivity contribution in [3.05, 3.63) is 11.6 Å². The van der Waals surface area contributed by atoms with Crippen molar-refractivity contribution >= 4 is 17.7 Å². The molecule has 0 amide bonds. The molecule has 4 aliphatic rings. The number of esters is 2. The van der Waals surface area contributed by atoms with Crippen LogP contribution in [-0.2, 0) is 23.9 Å². The third-order valence-corrected chi connectivity index (χ3v) is 7.57. The predicted octanol–water partition coefficient (Wildman–Crippen LogP) is 3.36. The summed E-state index contributed by atoms with van der Waals surface area (Å²) in [6.07, 6.45) is 7.07. The van der Waals surface area contributed by atoms with Crippen LogP contribution in [0.2, 0.25) is 0 Å². The number of carbonyl (C=O) groups excluding carboxylic acids is 3. The molecular formula is C21H28O5. The maximum Gasteiger partial charge on any atom is 0.306 e. The van der Waals surface area contributed by atoms with E-state index >= 15 is 0 Å². The Balaban J connectivity index is 1.65. The lowest BCUT2D eigenvalue weighted by atomic mass is 9.48. The van der Waals surface area contributed by atoms with Crippen molar-refractivity contribution < 1.29 is 23.9 Å². The van der Waals surface area contributed by atoms with Gasteiger partial charge in [-0.3, -0.25) is 14.4 Å². The molecule has 0 unspecified atom stereocenters. The summed E-state index contributed by atoms with van der Waals surface area (Å²) < 4.78 is 11.2. The molecule has 5 heteroatoms. The Bertz CT molecular complexity index is 695. The number of fused-ring (bicyclic) bond motifs is 5. The highest BCUT2D eigenvalue weighted by Crippen LogP contribution is 2.60. The van der Waals surface area contributed by atoms with Gasteiger partial charge in [0.25, 0.3) is 0 Å². The van der Waals surface area contributed by atoms with E-state index in [0.717, 1.165) is 37.7 Å². The molecule has 3 aliphatic carbocycles. The highest BCUT2D eigenvalue weighted by atomic mass is 16.6. The van der Waals surface area contributed by atoms with Crippen LogP contribution in [0.4, 0.5) is 0 Å². The van der Waals surface area contributed by atoms with Crippen LogP contribution in [-0.4, -0.2) is 29.4 Å². The molecule has 0 aromatic heterocycles. The number of hydrogen-bond donors (Lipinski definition) is 0. The number of ketones is 1. The van der Waals surface area contributed by atoms with E-state index in [1.54, 1.807) is 0 Å². The van der Waals surface area contributed by atoms with Crippen LogP contribution in [0.3, 0.4) is 0 Å². The predicted molar refractivity (Wildman–Crippen MR) is 94.0 cm³/mol. The molecule has 0 radical (unpaired) electrons. The lowest BCUT2D eigenvalue weighted by molar-refractivity contribution is -0.194. The maximum absolute atomic E-state index is 13.1. The largest absolute Gasteiger partial charge is 0.462 e. The van der Waals surface area contributed by atoms with Crippen LogP contribution in [0.5, 0.6) is 0 Å². The molecule has 0 spiro atoms. The van der Waals surface area contributed by atoms with Gasteiger partial charge in [-0.15, -0.1) is 0 Å². The van der Waals surface area contributed by atoms with Crippen molar-refractivity contribution in [3.63, 3.8) is 0 Å². The van der Waals surface area contributed by atoms with Gasteiger partial charge < -0.3 is 9.47 Å². The summed E-state index contributed by atoms with van der Waals surface area (Å²) in [5.74, 6) is 0.155. The number of carbonyl (C=O) groups is 3. The van der Waals surface area contributed by atoms with Crippen molar-refractivity contribution in [1.82, 2.24) is 0 Å². The third-order valence-electron chi connectivity index (χ3n) is 7.57.